The van der Waals surface area contributed by atoms with Crippen molar-refractivity contribution in [3.63, 3.8) is 0 Å². The second-order valence-electron chi connectivity index (χ2n) is 3.42. The second kappa shape index (κ2) is 10.4. The van der Waals surface area contributed by atoms with Crippen molar-refractivity contribution in [1.82, 2.24) is 0 Å². The van der Waals surface area contributed by atoms with Crippen LogP contribution in [0.5, 0.6) is 0 Å². The van der Waals surface area contributed by atoms with E-state index in [2.05, 4.69) is 44.2 Å². The third kappa shape index (κ3) is 7.91. The van der Waals surface area contributed by atoms with Crippen molar-refractivity contribution < 1.29 is 0 Å². The number of hydrogen-bond donors (Lipinski definition) is 0. The van der Waals surface area contributed by atoms with Gasteiger partial charge in [0.1, 0.15) is 0 Å². The van der Waals surface area contributed by atoms with Gasteiger partial charge in [-0.05, 0) is 24.3 Å². The molecule has 1 aromatic carbocycles. The first-order valence-corrected chi connectivity index (χ1v) is 5.33. The first-order chi connectivity index (χ1) is 6.29. The van der Waals surface area contributed by atoms with Crippen LogP contribution < -0.4 is 0 Å². The molecule has 77 valence electrons. The van der Waals surface area contributed by atoms with E-state index in [4.69, 9.17) is 0 Å². The molecule has 14 heavy (non-hydrogen) atoms. The molecule has 0 aliphatic heterocycles. The molecule has 0 spiro atoms. The third-order valence-electron chi connectivity index (χ3n) is 1.85. The molecule has 0 heterocycles. The fourth-order valence-electron chi connectivity index (χ4n) is 1.10. The zero-order chi connectivity index (χ0) is 10.1. The maximum atomic E-state index is 2.27. The van der Waals surface area contributed by atoms with Crippen LogP contribution in [0.2, 0.25) is 0 Å². The summed E-state index contributed by atoms with van der Waals surface area (Å²) in [7, 11) is 0. The van der Waals surface area contributed by atoms with Gasteiger partial charge in [0.25, 0.3) is 0 Å². The Labute approximate surface area is 91.3 Å². The van der Waals surface area contributed by atoms with E-state index in [1.54, 1.807) is 0 Å². The van der Waals surface area contributed by atoms with Crippen LogP contribution in [-0.2, 0) is 6.42 Å². The molecule has 0 saturated heterocycles. The van der Waals surface area contributed by atoms with Gasteiger partial charge in [0.15, 0.2) is 0 Å². The molecular weight excluding hydrogens is 167 g/mol. The van der Waals surface area contributed by atoms with Gasteiger partial charge in [-0.15, -0.1) is 0 Å². The summed E-state index contributed by atoms with van der Waals surface area (Å²) < 4.78 is 0. The van der Waals surface area contributed by atoms with Crippen molar-refractivity contribution in [2.75, 3.05) is 0 Å². The molecule has 1 heteroatoms. The van der Waals surface area contributed by atoms with E-state index < -0.39 is 0 Å². The van der Waals surface area contributed by atoms with Crippen LogP contribution in [0.3, 0.4) is 0 Å². The molecule has 0 fully saturated rings. The minimum atomic E-state index is 0. The second-order valence-corrected chi connectivity index (χ2v) is 3.42. The molecule has 0 N–H and O–H groups in total. The van der Waals surface area contributed by atoms with Gasteiger partial charge in [-0.2, -0.15) is 0 Å². The van der Waals surface area contributed by atoms with Crippen molar-refractivity contribution in [3.8, 4) is 0 Å². The Morgan fingerprint density at radius 1 is 1.00 bits per heavy atom. The molecule has 0 aromatic heterocycles. The zero-order valence-corrected chi connectivity index (χ0v) is 9.96. The summed E-state index contributed by atoms with van der Waals surface area (Å²) in [5, 5.41) is 0. The molecule has 1 rings (SSSR count). The van der Waals surface area contributed by atoms with E-state index in [-0.39, 0.29) is 8.41 Å². The van der Waals surface area contributed by atoms with Gasteiger partial charge in [0, 0.05) is 8.41 Å². The predicted octanol–water partition coefficient (Wildman–Crippen LogP) is 3.92. The molecule has 0 nitrogen and oxygen atoms in total. The minimum Gasteiger partial charge on any atom is -0.0683 e. The lowest BCUT2D eigenvalue weighted by Crippen LogP contribution is -1.91. The third-order valence-corrected chi connectivity index (χ3v) is 1.85. The average Bonchev–Trinajstić information content (AvgIpc) is 2.19. The van der Waals surface area contributed by atoms with Gasteiger partial charge < -0.3 is 0 Å². The van der Waals surface area contributed by atoms with E-state index >= 15 is 0 Å². The lowest BCUT2D eigenvalue weighted by molar-refractivity contribution is 0.587. The molecule has 0 aliphatic carbocycles. The Morgan fingerprint density at radius 2 is 1.50 bits per heavy atom. The van der Waals surface area contributed by atoms with Crippen LogP contribution in [0.1, 0.15) is 39.7 Å². The Kier molecular flexibility index (Phi) is 11.7. The van der Waals surface area contributed by atoms with Crippen molar-refractivity contribution in [2.24, 2.45) is 5.92 Å². The van der Waals surface area contributed by atoms with E-state index in [0.717, 1.165) is 5.92 Å². The Bertz CT molecular complexity index is 192. The summed E-state index contributed by atoms with van der Waals surface area (Å²) in [6.07, 6.45) is 2.52. The maximum absolute atomic E-state index is 2.27. The van der Waals surface area contributed by atoms with Crippen molar-refractivity contribution >= 4 is 8.41 Å². The summed E-state index contributed by atoms with van der Waals surface area (Å²) in [4.78, 5) is 0. The molecule has 0 atom stereocenters. The SMILES string of the molecule is CC.CC(C)CCc1ccccc1.[B]. The average molecular weight is 189 g/mol. The Morgan fingerprint density at radius 3 is 1.93 bits per heavy atom. The summed E-state index contributed by atoms with van der Waals surface area (Å²) >= 11 is 0. The van der Waals surface area contributed by atoms with Crippen LogP contribution >= 0.6 is 0 Å². The van der Waals surface area contributed by atoms with Gasteiger partial charge in [-0.25, -0.2) is 0 Å². The summed E-state index contributed by atoms with van der Waals surface area (Å²) in [5.41, 5.74) is 1.46. The summed E-state index contributed by atoms with van der Waals surface area (Å²) in [6.45, 7) is 8.53. The summed E-state index contributed by atoms with van der Waals surface area (Å²) in [5.74, 6) is 0.815. The largest absolute Gasteiger partial charge is 0.0683 e. The molecule has 0 bridgehead atoms. The molecule has 1 aromatic rings. The van der Waals surface area contributed by atoms with Gasteiger partial charge >= 0.3 is 0 Å². The number of hydrogen-bond acceptors (Lipinski definition) is 0. The Hall–Kier alpha value is -0.715. The van der Waals surface area contributed by atoms with E-state index in [0.29, 0.717) is 0 Å². The lowest BCUT2D eigenvalue weighted by atomic mass is 10.0. The first kappa shape index (κ1) is 15.7. The van der Waals surface area contributed by atoms with E-state index in [9.17, 15) is 0 Å². The van der Waals surface area contributed by atoms with Gasteiger partial charge in [0.05, 0.1) is 0 Å². The number of aryl methyl sites for hydroxylation is 1. The fourth-order valence-corrected chi connectivity index (χ4v) is 1.10. The minimum absolute atomic E-state index is 0. The van der Waals surface area contributed by atoms with Crippen LogP contribution in [0.4, 0.5) is 0 Å². The van der Waals surface area contributed by atoms with Crippen molar-refractivity contribution in [1.29, 1.82) is 0 Å². The quantitative estimate of drug-likeness (QED) is 0.632. The molecule has 3 radical (unpaired) electrons. The monoisotopic (exact) mass is 189 g/mol. The van der Waals surface area contributed by atoms with Crippen LogP contribution in [-0.4, -0.2) is 8.41 Å². The zero-order valence-electron chi connectivity index (χ0n) is 9.96. The van der Waals surface area contributed by atoms with E-state index in [1.165, 1.54) is 18.4 Å². The highest BCUT2D eigenvalue weighted by atomic mass is 14.0. The highest BCUT2D eigenvalue weighted by Gasteiger charge is 1.94. The van der Waals surface area contributed by atoms with Gasteiger partial charge in [0.2, 0.25) is 0 Å². The number of rotatable bonds is 3. The predicted molar refractivity (Wildman–Crippen MR) is 66.7 cm³/mol. The van der Waals surface area contributed by atoms with Crippen LogP contribution in [0, 0.1) is 5.92 Å². The normalized spacial score (nSPS) is 8.64. The Balaban J connectivity index is 0. The highest BCUT2D eigenvalue weighted by Crippen LogP contribution is 2.07. The van der Waals surface area contributed by atoms with Crippen LogP contribution in [0.25, 0.3) is 0 Å². The van der Waals surface area contributed by atoms with Gasteiger partial charge in [-0.3, -0.25) is 0 Å². The maximum Gasteiger partial charge on any atom is 0 e. The van der Waals surface area contributed by atoms with Gasteiger partial charge in [-0.1, -0.05) is 58.0 Å². The smallest absolute Gasteiger partial charge is 0 e. The molecule has 0 amide bonds. The molecular formula is C13H22B. The highest BCUT2D eigenvalue weighted by molar-refractivity contribution is 5.75. The summed E-state index contributed by atoms with van der Waals surface area (Å²) in [6, 6.07) is 10.7. The molecule has 0 saturated carbocycles. The first-order valence-electron chi connectivity index (χ1n) is 5.33. The topological polar surface area (TPSA) is 0 Å². The van der Waals surface area contributed by atoms with Crippen LogP contribution in [0.15, 0.2) is 30.3 Å². The fraction of sp³-hybridized carbons (Fsp3) is 0.538. The number of benzene rings is 1. The standard InChI is InChI=1S/C11H16.C2H6.B/c1-10(2)8-9-11-6-4-3-5-7-11;1-2;/h3-7,10H,8-9H2,1-2H3;1-2H3;. The molecule has 0 unspecified atom stereocenters. The molecule has 0 aliphatic rings. The van der Waals surface area contributed by atoms with Crippen molar-refractivity contribution in [2.45, 2.75) is 40.5 Å². The lowest BCUT2D eigenvalue weighted by Gasteiger charge is -2.03. The van der Waals surface area contributed by atoms with Crippen molar-refractivity contribution in [3.05, 3.63) is 35.9 Å². The van der Waals surface area contributed by atoms with E-state index in [1.807, 2.05) is 13.8 Å².